The second-order valence-corrected chi connectivity index (χ2v) is 5.43. The van der Waals surface area contributed by atoms with E-state index >= 15 is 0 Å². The molecule has 0 amide bonds. The molecule has 7 heteroatoms. The largest absolute Gasteiger partial charge is 0.416 e. The van der Waals surface area contributed by atoms with Crippen LogP contribution in [-0.4, -0.2) is 12.1 Å². The van der Waals surface area contributed by atoms with Crippen molar-refractivity contribution in [1.29, 1.82) is 0 Å². The van der Waals surface area contributed by atoms with Crippen LogP contribution >= 0.6 is 11.6 Å². The van der Waals surface area contributed by atoms with Gasteiger partial charge in [-0.05, 0) is 24.3 Å². The second-order valence-electron chi connectivity index (χ2n) is 5.00. The Labute approximate surface area is 134 Å². The summed E-state index contributed by atoms with van der Waals surface area (Å²) in [5, 5.41) is 3.37. The summed E-state index contributed by atoms with van der Waals surface area (Å²) in [5.41, 5.74) is 0.895. The Balaban J connectivity index is 2.01. The van der Waals surface area contributed by atoms with E-state index in [-0.39, 0.29) is 0 Å². The smallest absolute Gasteiger partial charge is 0.356 e. The third-order valence-electron chi connectivity index (χ3n) is 3.47. The number of halogens is 4. The van der Waals surface area contributed by atoms with Gasteiger partial charge in [0.15, 0.2) is 0 Å². The summed E-state index contributed by atoms with van der Waals surface area (Å²) in [6.45, 7) is 0. The van der Waals surface area contributed by atoms with Crippen molar-refractivity contribution >= 4 is 29.4 Å². The molecule has 0 spiro atoms. The van der Waals surface area contributed by atoms with Crippen LogP contribution in [0.25, 0.3) is 0 Å². The number of hydrogen-bond acceptors (Lipinski definition) is 3. The van der Waals surface area contributed by atoms with Crippen molar-refractivity contribution in [3.05, 3.63) is 64.2 Å². The van der Waals surface area contributed by atoms with Crippen molar-refractivity contribution < 1.29 is 18.0 Å². The molecule has 1 atom stereocenters. The molecule has 1 heterocycles. The average molecular weight is 339 g/mol. The average Bonchev–Trinajstić information content (AvgIpc) is 2.52. The number of nitrogens with one attached hydrogen (secondary N) is 1. The van der Waals surface area contributed by atoms with E-state index in [1.165, 1.54) is 12.1 Å². The first-order chi connectivity index (χ1) is 10.9. The molecule has 1 aliphatic rings. The highest BCUT2D eigenvalue weighted by molar-refractivity contribution is 6.31. The van der Waals surface area contributed by atoms with E-state index in [9.17, 15) is 18.0 Å². The Kier molecular flexibility index (Phi) is 3.85. The minimum Gasteiger partial charge on any atom is -0.356 e. The topological polar surface area (TPSA) is 41.5 Å². The zero-order valence-electron chi connectivity index (χ0n) is 11.6. The summed E-state index contributed by atoms with van der Waals surface area (Å²) >= 11 is 5.93. The van der Waals surface area contributed by atoms with Crippen molar-refractivity contribution in [3.8, 4) is 0 Å². The van der Waals surface area contributed by atoms with Crippen LogP contribution < -0.4 is 5.32 Å². The van der Waals surface area contributed by atoms with Crippen LogP contribution in [0.2, 0.25) is 5.02 Å². The van der Waals surface area contributed by atoms with Crippen molar-refractivity contribution in [2.45, 2.75) is 12.2 Å². The molecule has 3 rings (SSSR count). The van der Waals surface area contributed by atoms with Crippen LogP contribution in [0.15, 0.2) is 47.5 Å². The van der Waals surface area contributed by atoms with Crippen molar-refractivity contribution in [2.24, 2.45) is 4.99 Å². The Bertz CT molecular complexity index is 785. The van der Waals surface area contributed by atoms with E-state index in [0.29, 0.717) is 34.0 Å². The first-order valence-corrected chi connectivity index (χ1v) is 7.04. The Morgan fingerprint density at radius 3 is 2.43 bits per heavy atom. The molecule has 0 fully saturated rings. The summed E-state index contributed by atoms with van der Waals surface area (Å²) < 4.78 is 37.8. The highest BCUT2D eigenvalue weighted by Crippen LogP contribution is 2.33. The predicted octanol–water partition coefficient (Wildman–Crippen LogP) is 4.28. The van der Waals surface area contributed by atoms with Gasteiger partial charge in [0.2, 0.25) is 0 Å². The molecule has 3 nitrogen and oxygen atoms in total. The molecule has 0 saturated heterocycles. The first-order valence-electron chi connectivity index (χ1n) is 6.66. The molecule has 0 aromatic heterocycles. The molecular formula is C16H10ClF3N2O. The van der Waals surface area contributed by atoms with E-state index in [1.807, 2.05) is 0 Å². The Hall–Kier alpha value is -2.34. The maximum Gasteiger partial charge on any atom is 0.416 e. The van der Waals surface area contributed by atoms with Crippen LogP contribution in [0.1, 0.15) is 22.7 Å². The number of aldehydes is 1. The molecule has 118 valence electrons. The maximum absolute atomic E-state index is 12.6. The fourth-order valence-electron chi connectivity index (χ4n) is 2.33. The molecule has 0 bridgehead atoms. The number of alkyl halides is 3. The van der Waals surface area contributed by atoms with Gasteiger partial charge in [0.1, 0.15) is 18.2 Å². The van der Waals surface area contributed by atoms with E-state index in [2.05, 4.69) is 10.3 Å². The van der Waals surface area contributed by atoms with Gasteiger partial charge in [0.25, 0.3) is 0 Å². The number of amidine groups is 1. The fourth-order valence-corrected chi connectivity index (χ4v) is 2.49. The number of carbonyl (C=O) groups is 1. The van der Waals surface area contributed by atoms with E-state index in [1.54, 1.807) is 18.2 Å². The SMILES string of the molecule is O=CC1NC(c2ccc(C(F)(F)F)cc2)=Nc2cc(Cl)ccc21. The number of aliphatic imine (C=N–C) groups is 1. The molecule has 0 aliphatic carbocycles. The number of carbonyl (C=O) groups excluding carboxylic acids is 1. The van der Waals surface area contributed by atoms with Crippen LogP contribution in [0.3, 0.4) is 0 Å². The number of nitrogens with zero attached hydrogens (tertiary/aromatic N) is 1. The van der Waals surface area contributed by atoms with Crippen LogP contribution in [0.4, 0.5) is 18.9 Å². The number of hydrogen-bond donors (Lipinski definition) is 1. The molecule has 2 aromatic rings. The number of benzene rings is 2. The van der Waals surface area contributed by atoms with Crippen molar-refractivity contribution in [3.63, 3.8) is 0 Å². The monoisotopic (exact) mass is 338 g/mol. The minimum absolute atomic E-state index is 0.325. The molecule has 0 saturated carbocycles. The molecule has 1 N–H and O–H groups in total. The third-order valence-corrected chi connectivity index (χ3v) is 3.71. The lowest BCUT2D eigenvalue weighted by atomic mass is 10.0. The van der Waals surface area contributed by atoms with Gasteiger partial charge in [-0.2, -0.15) is 13.2 Å². The molecular weight excluding hydrogens is 329 g/mol. The number of fused-ring (bicyclic) bond motifs is 1. The third kappa shape index (κ3) is 3.07. The highest BCUT2D eigenvalue weighted by atomic mass is 35.5. The predicted molar refractivity (Wildman–Crippen MR) is 81.0 cm³/mol. The lowest BCUT2D eigenvalue weighted by molar-refractivity contribution is -0.137. The van der Waals surface area contributed by atoms with E-state index in [4.69, 9.17) is 11.6 Å². The van der Waals surface area contributed by atoms with Crippen molar-refractivity contribution in [2.75, 3.05) is 0 Å². The summed E-state index contributed by atoms with van der Waals surface area (Å²) in [4.78, 5) is 15.6. The van der Waals surface area contributed by atoms with E-state index in [0.717, 1.165) is 12.1 Å². The summed E-state index contributed by atoms with van der Waals surface area (Å²) in [6, 6.07) is 8.90. The second kappa shape index (κ2) is 5.70. The van der Waals surface area contributed by atoms with Gasteiger partial charge in [-0.1, -0.05) is 29.8 Å². The van der Waals surface area contributed by atoms with Gasteiger partial charge in [-0.3, -0.25) is 0 Å². The fraction of sp³-hybridized carbons (Fsp3) is 0.125. The van der Waals surface area contributed by atoms with Crippen molar-refractivity contribution in [1.82, 2.24) is 5.32 Å². The van der Waals surface area contributed by atoms with Crippen LogP contribution in [0, 0.1) is 0 Å². The summed E-state index contributed by atoms with van der Waals surface area (Å²) in [6.07, 6.45) is -3.68. The number of rotatable bonds is 2. The minimum atomic E-state index is -4.40. The van der Waals surface area contributed by atoms with Gasteiger partial charge in [0.05, 0.1) is 11.3 Å². The van der Waals surface area contributed by atoms with Gasteiger partial charge in [-0.15, -0.1) is 0 Å². The lowest BCUT2D eigenvalue weighted by Crippen LogP contribution is -2.33. The lowest BCUT2D eigenvalue weighted by Gasteiger charge is -2.23. The molecule has 23 heavy (non-hydrogen) atoms. The first kappa shape index (κ1) is 15.6. The maximum atomic E-state index is 12.6. The summed E-state index contributed by atoms with van der Waals surface area (Å²) in [7, 11) is 0. The summed E-state index contributed by atoms with van der Waals surface area (Å²) in [5.74, 6) is 0.325. The normalized spacial score (nSPS) is 17.0. The van der Waals surface area contributed by atoms with Gasteiger partial charge in [0, 0.05) is 16.1 Å². The highest BCUT2D eigenvalue weighted by Gasteiger charge is 2.30. The Morgan fingerprint density at radius 1 is 1.13 bits per heavy atom. The molecule has 0 radical (unpaired) electrons. The quantitative estimate of drug-likeness (QED) is 0.830. The van der Waals surface area contributed by atoms with Crippen LogP contribution in [0.5, 0.6) is 0 Å². The van der Waals surface area contributed by atoms with Gasteiger partial charge in [-0.25, -0.2) is 4.99 Å². The Morgan fingerprint density at radius 2 is 1.83 bits per heavy atom. The molecule has 1 unspecified atom stereocenters. The van der Waals surface area contributed by atoms with Gasteiger partial charge >= 0.3 is 6.18 Å². The molecule has 1 aliphatic heterocycles. The standard InChI is InChI=1S/C16H10ClF3N2O/c17-11-5-6-12-13(7-11)21-15(22-14(12)8-23)9-1-3-10(4-2-9)16(18,19)20/h1-8,14H,(H,21,22). The molecule has 2 aromatic carbocycles. The van der Waals surface area contributed by atoms with Crippen LogP contribution in [-0.2, 0) is 11.0 Å². The van der Waals surface area contributed by atoms with Gasteiger partial charge < -0.3 is 10.1 Å². The zero-order chi connectivity index (χ0) is 16.6. The van der Waals surface area contributed by atoms with E-state index < -0.39 is 17.8 Å². The zero-order valence-corrected chi connectivity index (χ0v) is 12.3.